The van der Waals surface area contributed by atoms with E-state index < -0.39 is 6.36 Å². The molecule has 5 nitrogen and oxygen atoms in total. The van der Waals surface area contributed by atoms with E-state index >= 15 is 0 Å². The Morgan fingerprint density at radius 2 is 1.86 bits per heavy atom. The van der Waals surface area contributed by atoms with E-state index in [9.17, 15) is 13.2 Å². The second-order valence-electron chi connectivity index (χ2n) is 8.19. The van der Waals surface area contributed by atoms with Gasteiger partial charge in [0.1, 0.15) is 5.75 Å². The number of aliphatic imine (C=N–C) groups is 1. The molecule has 29 heavy (non-hydrogen) atoms. The number of para-hydroxylation sites is 1. The van der Waals surface area contributed by atoms with Crippen LogP contribution in [0.5, 0.6) is 5.75 Å². The summed E-state index contributed by atoms with van der Waals surface area (Å²) in [5, 5.41) is 6.95. The van der Waals surface area contributed by atoms with Crippen LogP contribution in [0, 0.1) is 0 Å². The van der Waals surface area contributed by atoms with Gasteiger partial charge >= 0.3 is 6.36 Å². The molecule has 0 amide bonds. The zero-order valence-corrected chi connectivity index (χ0v) is 16.7. The predicted octanol–water partition coefficient (Wildman–Crippen LogP) is 3.62. The van der Waals surface area contributed by atoms with Crippen molar-refractivity contribution in [2.75, 3.05) is 19.6 Å². The molecule has 160 valence electrons. The Bertz CT molecular complexity index is 727. The average molecular weight is 410 g/mol. The molecule has 1 aromatic rings. The molecule has 1 aliphatic heterocycles. The minimum atomic E-state index is -4.68. The van der Waals surface area contributed by atoms with Gasteiger partial charge in [0.15, 0.2) is 5.96 Å². The monoisotopic (exact) mass is 410 g/mol. The molecule has 0 spiro atoms. The number of nitrogens with one attached hydrogen (secondary N) is 2. The first-order chi connectivity index (χ1) is 13.9. The Labute approximate surface area is 169 Å². The maximum absolute atomic E-state index is 12.7. The number of halogens is 3. The Morgan fingerprint density at radius 3 is 2.52 bits per heavy atom. The van der Waals surface area contributed by atoms with Crippen molar-refractivity contribution >= 4 is 5.96 Å². The summed E-state index contributed by atoms with van der Waals surface area (Å²) in [6.45, 7) is 4.88. The third-order valence-electron chi connectivity index (χ3n) is 5.91. The zero-order chi connectivity index (χ0) is 20.4. The highest BCUT2D eigenvalue weighted by molar-refractivity contribution is 5.81. The first-order valence-corrected chi connectivity index (χ1v) is 10.6. The van der Waals surface area contributed by atoms with Crippen molar-refractivity contribution in [3.05, 3.63) is 29.8 Å². The summed E-state index contributed by atoms with van der Waals surface area (Å²) in [4.78, 5) is 7.12. The molecule has 0 bridgehead atoms. The second-order valence-corrected chi connectivity index (χ2v) is 8.19. The van der Waals surface area contributed by atoms with Gasteiger partial charge in [-0.05, 0) is 50.7 Å². The molecule has 3 fully saturated rings. The summed E-state index contributed by atoms with van der Waals surface area (Å²) in [6, 6.07) is 7.67. The summed E-state index contributed by atoms with van der Waals surface area (Å²) in [7, 11) is 0. The van der Waals surface area contributed by atoms with Crippen LogP contribution in [0.25, 0.3) is 0 Å². The van der Waals surface area contributed by atoms with Crippen molar-refractivity contribution in [3.63, 3.8) is 0 Å². The van der Waals surface area contributed by atoms with Crippen molar-refractivity contribution in [1.29, 1.82) is 0 Å². The summed E-state index contributed by atoms with van der Waals surface area (Å²) >= 11 is 0. The van der Waals surface area contributed by atoms with E-state index in [4.69, 9.17) is 0 Å². The molecule has 1 aromatic carbocycles. The maximum Gasteiger partial charge on any atom is 0.573 e. The van der Waals surface area contributed by atoms with Crippen molar-refractivity contribution in [1.82, 2.24) is 15.5 Å². The van der Waals surface area contributed by atoms with E-state index in [1.807, 2.05) is 6.92 Å². The first kappa shape index (κ1) is 20.3. The highest BCUT2D eigenvalue weighted by Crippen LogP contribution is 2.45. The summed E-state index contributed by atoms with van der Waals surface area (Å²) in [5.74, 6) is 0.650. The minimum Gasteiger partial charge on any atom is -0.405 e. The normalized spacial score (nSPS) is 26.3. The number of ether oxygens (including phenoxy) is 1. The Balaban J connectivity index is 1.32. The van der Waals surface area contributed by atoms with Crippen LogP contribution in [0.2, 0.25) is 0 Å². The van der Waals surface area contributed by atoms with Crippen LogP contribution in [0.4, 0.5) is 13.2 Å². The quantitative estimate of drug-likeness (QED) is 0.556. The number of rotatable bonds is 6. The highest BCUT2D eigenvalue weighted by atomic mass is 19.4. The van der Waals surface area contributed by atoms with E-state index in [0.29, 0.717) is 18.2 Å². The van der Waals surface area contributed by atoms with Crippen LogP contribution in [-0.4, -0.2) is 55.0 Å². The fourth-order valence-corrected chi connectivity index (χ4v) is 4.21. The molecule has 3 aliphatic rings. The molecular weight excluding hydrogens is 381 g/mol. The number of nitrogens with zero attached hydrogens (tertiary/aromatic N) is 2. The third-order valence-corrected chi connectivity index (χ3v) is 5.91. The van der Waals surface area contributed by atoms with Gasteiger partial charge in [0, 0.05) is 43.7 Å². The van der Waals surface area contributed by atoms with E-state index in [-0.39, 0.29) is 17.7 Å². The smallest absolute Gasteiger partial charge is 0.405 e. The minimum absolute atomic E-state index is 0.00544. The molecule has 4 rings (SSSR count). The van der Waals surface area contributed by atoms with Crippen molar-refractivity contribution in [2.24, 2.45) is 4.99 Å². The zero-order valence-electron chi connectivity index (χ0n) is 16.7. The third kappa shape index (κ3) is 5.56. The second kappa shape index (κ2) is 8.42. The standard InChI is InChI=1S/C21H29F3N4O/c1-2-25-20(26-14-9-11-28(12-10-14)15-7-8-15)27-18-13-17(18)16-5-3-4-6-19(16)29-21(22,23)24/h3-6,14-15,17-18H,2,7-13H2,1H3,(H2,25,26,27). The van der Waals surface area contributed by atoms with Crippen molar-refractivity contribution < 1.29 is 17.9 Å². The number of likely N-dealkylation sites (tertiary alicyclic amines) is 1. The largest absolute Gasteiger partial charge is 0.573 e. The summed E-state index contributed by atoms with van der Waals surface area (Å²) in [5.41, 5.74) is 0.593. The predicted molar refractivity (Wildman–Crippen MR) is 106 cm³/mol. The average Bonchev–Trinajstić information content (AvgIpc) is 3.57. The lowest BCUT2D eigenvalue weighted by molar-refractivity contribution is -0.274. The molecule has 8 heteroatoms. The van der Waals surface area contributed by atoms with Gasteiger partial charge in [-0.1, -0.05) is 18.2 Å². The van der Waals surface area contributed by atoms with Crippen LogP contribution >= 0.6 is 0 Å². The Hall–Kier alpha value is -1.96. The molecule has 0 radical (unpaired) electrons. The lowest BCUT2D eigenvalue weighted by atomic mass is 10.1. The maximum atomic E-state index is 12.7. The van der Waals surface area contributed by atoms with Crippen LogP contribution in [0.1, 0.15) is 50.5 Å². The molecule has 2 N–H and O–H groups in total. The first-order valence-electron chi connectivity index (χ1n) is 10.6. The fraction of sp³-hybridized carbons (Fsp3) is 0.667. The molecule has 1 heterocycles. The summed E-state index contributed by atoms with van der Waals surface area (Å²) in [6.07, 6.45) is 0.951. The summed E-state index contributed by atoms with van der Waals surface area (Å²) < 4.78 is 42.3. The number of hydrogen-bond acceptors (Lipinski definition) is 3. The number of alkyl halides is 3. The van der Waals surface area contributed by atoms with Crippen LogP contribution in [-0.2, 0) is 0 Å². The lowest BCUT2D eigenvalue weighted by Crippen LogP contribution is -2.49. The topological polar surface area (TPSA) is 48.9 Å². The van der Waals surface area contributed by atoms with Gasteiger partial charge in [0.05, 0.1) is 0 Å². The van der Waals surface area contributed by atoms with Gasteiger partial charge in [-0.25, -0.2) is 0 Å². The van der Waals surface area contributed by atoms with Crippen LogP contribution in [0.3, 0.4) is 0 Å². The molecular formula is C21H29F3N4O. The van der Waals surface area contributed by atoms with Gasteiger partial charge in [0.2, 0.25) is 0 Å². The van der Waals surface area contributed by atoms with Crippen LogP contribution < -0.4 is 15.4 Å². The number of piperidine rings is 1. The van der Waals surface area contributed by atoms with Gasteiger partial charge in [0.25, 0.3) is 0 Å². The van der Waals surface area contributed by atoms with Crippen LogP contribution in [0.15, 0.2) is 29.3 Å². The molecule has 2 aliphatic carbocycles. The van der Waals surface area contributed by atoms with Crippen molar-refractivity contribution in [3.8, 4) is 5.75 Å². The molecule has 1 saturated heterocycles. The molecule has 2 unspecified atom stereocenters. The number of benzene rings is 1. The Morgan fingerprint density at radius 1 is 1.14 bits per heavy atom. The number of guanidine groups is 1. The van der Waals surface area contributed by atoms with E-state index in [1.165, 1.54) is 18.9 Å². The van der Waals surface area contributed by atoms with E-state index in [1.54, 1.807) is 18.2 Å². The Kier molecular flexibility index (Phi) is 5.90. The van der Waals surface area contributed by atoms with Crippen molar-refractivity contribution in [2.45, 2.75) is 69.4 Å². The fourth-order valence-electron chi connectivity index (χ4n) is 4.21. The SMILES string of the molecule is CCN=C(NC1CCN(C2CC2)CC1)NC1CC1c1ccccc1OC(F)(F)F. The van der Waals surface area contributed by atoms with E-state index in [2.05, 4.69) is 25.3 Å². The van der Waals surface area contributed by atoms with Gasteiger partial charge in [-0.15, -0.1) is 13.2 Å². The highest BCUT2D eigenvalue weighted by Gasteiger charge is 2.42. The van der Waals surface area contributed by atoms with Gasteiger partial charge < -0.3 is 20.3 Å². The number of hydrogen-bond donors (Lipinski definition) is 2. The van der Waals surface area contributed by atoms with Gasteiger partial charge in [-0.3, -0.25) is 4.99 Å². The molecule has 0 aromatic heterocycles. The molecule has 2 saturated carbocycles. The lowest BCUT2D eigenvalue weighted by Gasteiger charge is -2.33. The van der Waals surface area contributed by atoms with Gasteiger partial charge in [-0.2, -0.15) is 0 Å². The van der Waals surface area contributed by atoms with E-state index in [0.717, 1.165) is 44.4 Å². The molecule has 2 atom stereocenters.